The van der Waals surface area contributed by atoms with E-state index in [-0.39, 0.29) is 29.6 Å². The predicted molar refractivity (Wildman–Crippen MR) is 104 cm³/mol. The summed E-state index contributed by atoms with van der Waals surface area (Å²) in [5.74, 6) is 2.82. The zero-order valence-electron chi connectivity index (χ0n) is 14.6. The molecule has 0 radical (unpaired) electrons. The molecular formula is C17H32IN3O2. The van der Waals surface area contributed by atoms with Crippen LogP contribution < -0.4 is 5.32 Å². The van der Waals surface area contributed by atoms with Gasteiger partial charge < -0.3 is 19.7 Å². The van der Waals surface area contributed by atoms with Crippen LogP contribution in [-0.2, 0) is 9.47 Å². The van der Waals surface area contributed by atoms with Crippen molar-refractivity contribution in [3.8, 4) is 0 Å². The van der Waals surface area contributed by atoms with Crippen molar-refractivity contribution in [3.05, 3.63) is 0 Å². The van der Waals surface area contributed by atoms with Gasteiger partial charge in [-0.25, -0.2) is 0 Å². The van der Waals surface area contributed by atoms with Gasteiger partial charge in [-0.05, 0) is 24.7 Å². The highest BCUT2D eigenvalue weighted by molar-refractivity contribution is 14.0. The molecule has 3 rings (SSSR count). The quantitative estimate of drug-likeness (QED) is 0.419. The number of fused-ring (bicyclic) bond motifs is 1. The predicted octanol–water partition coefficient (Wildman–Crippen LogP) is 2.50. The van der Waals surface area contributed by atoms with E-state index in [2.05, 4.69) is 15.2 Å². The molecule has 6 heteroatoms. The van der Waals surface area contributed by atoms with E-state index in [1.807, 2.05) is 14.2 Å². The molecule has 3 fully saturated rings. The first-order chi connectivity index (χ1) is 10.8. The van der Waals surface area contributed by atoms with Crippen LogP contribution in [0.5, 0.6) is 0 Å². The zero-order chi connectivity index (χ0) is 15.4. The summed E-state index contributed by atoms with van der Waals surface area (Å²) in [7, 11) is 3.72. The third kappa shape index (κ3) is 4.51. The number of halogens is 1. The number of guanidine groups is 1. The van der Waals surface area contributed by atoms with E-state index < -0.39 is 0 Å². The highest BCUT2D eigenvalue weighted by Crippen LogP contribution is 2.36. The van der Waals surface area contributed by atoms with Crippen LogP contribution in [0.3, 0.4) is 0 Å². The van der Waals surface area contributed by atoms with Crippen molar-refractivity contribution in [3.63, 3.8) is 0 Å². The molecule has 0 bridgehead atoms. The average Bonchev–Trinajstić information content (AvgIpc) is 3.00. The first-order valence-corrected chi connectivity index (χ1v) is 8.85. The van der Waals surface area contributed by atoms with Crippen LogP contribution >= 0.6 is 24.0 Å². The molecular weight excluding hydrogens is 405 g/mol. The number of nitrogens with one attached hydrogen (secondary N) is 1. The van der Waals surface area contributed by atoms with E-state index in [1.54, 1.807) is 0 Å². The Balaban J connectivity index is 0.00000192. The van der Waals surface area contributed by atoms with Gasteiger partial charge in [-0.15, -0.1) is 24.0 Å². The summed E-state index contributed by atoms with van der Waals surface area (Å²) in [6, 6.07) is 0. The Bertz CT molecular complexity index is 385. The van der Waals surface area contributed by atoms with E-state index >= 15 is 0 Å². The second kappa shape index (κ2) is 8.85. The SMILES string of the molecule is CN=C(NCC1(OC)CCOCC1)N1CC2CCCCC2C1.I. The molecule has 134 valence electrons. The maximum atomic E-state index is 5.81. The fraction of sp³-hybridized carbons (Fsp3) is 0.941. The molecule has 5 nitrogen and oxygen atoms in total. The van der Waals surface area contributed by atoms with E-state index in [0.29, 0.717) is 0 Å². The van der Waals surface area contributed by atoms with Crippen LogP contribution in [0.4, 0.5) is 0 Å². The van der Waals surface area contributed by atoms with Crippen LogP contribution in [-0.4, -0.2) is 63.5 Å². The van der Waals surface area contributed by atoms with Crippen molar-refractivity contribution >= 4 is 29.9 Å². The number of rotatable bonds is 3. The fourth-order valence-electron chi connectivity index (χ4n) is 4.35. The van der Waals surface area contributed by atoms with Gasteiger partial charge in [0.05, 0.1) is 5.60 Å². The number of likely N-dealkylation sites (tertiary alicyclic amines) is 1. The number of nitrogens with zero attached hydrogens (tertiary/aromatic N) is 2. The lowest BCUT2D eigenvalue weighted by Gasteiger charge is -2.37. The third-order valence-corrected chi connectivity index (χ3v) is 5.89. The summed E-state index contributed by atoms with van der Waals surface area (Å²) in [6.07, 6.45) is 7.54. The summed E-state index contributed by atoms with van der Waals surface area (Å²) >= 11 is 0. The van der Waals surface area contributed by atoms with Crippen LogP contribution in [0.1, 0.15) is 38.5 Å². The Morgan fingerprint density at radius 3 is 2.35 bits per heavy atom. The molecule has 0 aromatic heterocycles. The number of hydrogen-bond acceptors (Lipinski definition) is 3. The Labute approximate surface area is 157 Å². The van der Waals surface area contributed by atoms with Crippen molar-refractivity contribution in [2.45, 2.75) is 44.1 Å². The monoisotopic (exact) mass is 437 g/mol. The summed E-state index contributed by atoms with van der Waals surface area (Å²) in [5, 5.41) is 3.58. The summed E-state index contributed by atoms with van der Waals surface area (Å²) in [6.45, 7) is 4.76. The van der Waals surface area contributed by atoms with Gasteiger partial charge in [0.1, 0.15) is 0 Å². The van der Waals surface area contributed by atoms with Gasteiger partial charge in [-0.3, -0.25) is 4.99 Å². The summed E-state index contributed by atoms with van der Waals surface area (Å²) in [5.41, 5.74) is -0.0966. The van der Waals surface area contributed by atoms with Gasteiger partial charge in [0.2, 0.25) is 0 Å². The van der Waals surface area contributed by atoms with E-state index in [4.69, 9.17) is 9.47 Å². The normalized spacial score (nSPS) is 30.5. The second-order valence-electron chi connectivity index (χ2n) is 7.11. The molecule has 1 aliphatic carbocycles. The highest BCUT2D eigenvalue weighted by Gasteiger charge is 2.37. The lowest BCUT2D eigenvalue weighted by atomic mass is 9.82. The Hall–Kier alpha value is -0.0800. The maximum Gasteiger partial charge on any atom is 0.193 e. The molecule has 3 aliphatic rings. The molecule has 0 aromatic rings. The lowest BCUT2D eigenvalue weighted by Crippen LogP contribution is -2.51. The number of methoxy groups -OCH3 is 1. The van der Waals surface area contributed by atoms with Gasteiger partial charge >= 0.3 is 0 Å². The molecule has 23 heavy (non-hydrogen) atoms. The van der Waals surface area contributed by atoms with Crippen LogP contribution in [0.2, 0.25) is 0 Å². The van der Waals surface area contributed by atoms with Crippen LogP contribution in [0, 0.1) is 11.8 Å². The second-order valence-corrected chi connectivity index (χ2v) is 7.11. The highest BCUT2D eigenvalue weighted by atomic mass is 127. The number of ether oxygens (including phenoxy) is 2. The Morgan fingerprint density at radius 1 is 1.22 bits per heavy atom. The molecule has 0 amide bonds. The van der Waals surface area contributed by atoms with Gasteiger partial charge in [0.15, 0.2) is 5.96 Å². The zero-order valence-corrected chi connectivity index (χ0v) is 16.9. The van der Waals surface area contributed by atoms with Crippen molar-refractivity contribution in [2.24, 2.45) is 16.8 Å². The lowest BCUT2D eigenvalue weighted by molar-refractivity contribution is -0.0857. The fourth-order valence-corrected chi connectivity index (χ4v) is 4.35. The smallest absolute Gasteiger partial charge is 0.193 e. The Morgan fingerprint density at radius 2 is 1.83 bits per heavy atom. The molecule has 2 aliphatic heterocycles. The number of hydrogen-bond donors (Lipinski definition) is 1. The minimum atomic E-state index is -0.0966. The molecule has 2 heterocycles. The van der Waals surface area contributed by atoms with E-state index in [1.165, 1.54) is 38.8 Å². The molecule has 2 unspecified atom stereocenters. The van der Waals surface area contributed by atoms with Gasteiger partial charge in [-0.2, -0.15) is 0 Å². The largest absolute Gasteiger partial charge is 0.381 e. The number of aliphatic imine (C=N–C) groups is 1. The topological polar surface area (TPSA) is 46.1 Å². The molecule has 2 saturated heterocycles. The first-order valence-electron chi connectivity index (χ1n) is 8.85. The average molecular weight is 437 g/mol. The summed E-state index contributed by atoms with van der Waals surface area (Å²) in [4.78, 5) is 6.98. The third-order valence-electron chi connectivity index (χ3n) is 5.89. The minimum Gasteiger partial charge on any atom is -0.381 e. The van der Waals surface area contributed by atoms with Gasteiger partial charge in [-0.1, -0.05) is 12.8 Å². The van der Waals surface area contributed by atoms with Crippen molar-refractivity contribution < 1.29 is 9.47 Å². The van der Waals surface area contributed by atoms with Crippen molar-refractivity contribution in [1.29, 1.82) is 0 Å². The molecule has 1 saturated carbocycles. The maximum absolute atomic E-state index is 5.81. The van der Waals surface area contributed by atoms with Crippen LogP contribution in [0.25, 0.3) is 0 Å². The molecule has 0 aromatic carbocycles. The van der Waals surface area contributed by atoms with E-state index in [0.717, 1.165) is 50.4 Å². The Kier molecular flexibility index (Phi) is 7.41. The van der Waals surface area contributed by atoms with Crippen LogP contribution in [0.15, 0.2) is 4.99 Å². The minimum absolute atomic E-state index is 0. The molecule has 1 N–H and O–H groups in total. The van der Waals surface area contributed by atoms with Crippen molar-refractivity contribution in [2.75, 3.05) is 47.0 Å². The summed E-state index contributed by atoms with van der Waals surface area (Å²) < 4.78 is 11.3. The molecule has 2 atom stereocenters. The standard InChI is InChI=1S/C17H31N3O2.HI/c1-18-16(19-13-17(21-2)7-9-22-10-8-17)20-11-14-5-3-4-6-15(14)12-20;/h14-15H,3-13H2,1-2H3,(H,18,19);1H. The van der Waals surface area contributed by atoms with Gasteiger partial charge in [0, 0.05) is 59.8 Å². The first kappa shape index (κ1) is 19.2. The van der Waals surface area contributed by atoms with E-state index in [9.17, 15) is 0 Å². The van der Waals surface area contributed by atoms with Gasteiger partial charge in [0.25, 0.3) is 0 Å². The molecule has 0 spiro atoms. The van der Waals surface area contributed by atoms with Crippen molar-refractivity contribution in [1.82, 2.24) is 10.2 Å².